The van der Waals surface area contributed by atoms with Gasteiger partial charge in [0, 0.05) is 12.1 Å². The Morgan fingerprint density at radius 3 is 2.45 bits per heavy atom. The minimum atomic E-state index is -4.96. The molecular formula is C19H17F4N3O4S. The van der Waals surface area contributed by atoms with Gasteiger partial charge in [-0.25, -0.2) is 17.5 Å². The largest absolute Gasteiger partial charge is 0.494 e. The molecular weight excluding hydrogens is 442 g/mol. The van der Waals surface area contributed by atoms with Gasteiger partial charge in [0.05, 0.1) is 30.9 Å². The van der Waals surface area contributed by atoms with Crippen LogP contribution in [0.4, 0.5) is 17.6 Å². The van der Waals surface area contributed by atoms with Gasteiger partial charge in [0.1, 0.15) is 22.8 Å². The van der Waals surface area contributed by atoms with E-state index in [0.29, 0.717) is 6.07 Å². The van der Waals surface area contributed by atoms with Gasteiger partial charge in [0.2, 0.25) is 15.5 Å². The summed E-state index contributed by atoms with van der Waals surface area (Å²) >= 11 is 0. The average molecular weight is 459 g/mol. The first-order valence-corrected chi connectivity index (χ1v) is 10.7. The minimum absolute atomic E-state index is 0.0283. The monoisotopic (exact) mass is 459 g/mol. The molecule has 0 saturated heterocycles. The van der Waals surface area contributed by atoms with Crippen LogP contribution in [0.1, 0.15) is 5.56 Å². The van der Waals surface area contributed by atoms with Gasteiger partial charge in [0.25, 0.3) is 0 Å². The van der Waals surface area contributed by atoms with Crippen LogP contribution in [0.3, 0.4) is 0 Å². The molecule has 3 rings (SSSR count). The van der Waals surface area contributed by atoms with Crippen molar-refractivity contribution in [3.63, 3.8) is 0 Å². The van der Waals surface area contributed by atoms with E-state index in [4.69, 9.17) is 4.74 Å². The second-order valence-corrected chi connectivity index (χ2v) is 8.42. The highest BCUT2D eigenvalue weighted by Crippen LogP contribution is 2.35. The molecule has 1 N–H and O–H groups in total. The molecule has 0 aliphatic heterocycles. The van der Waals surface area contributed by atoms with Crippen molar-refractivity contribution in [1.29, 1.82) is 0 Å². The lowest BCUT2D eigenvalue weighted by atomic mass is 10.0. The molecule has 0 spiro atoms. The molecule has 0 aliphatic carbocycles. The molecule has 1 aromatic heterocycles. The quantitative estimate of drug-likeness (QED) is 0.573. The van der Waals surface area contributed by atoms with Crippen LogP contribution >= 0.6 is 0 Å². The number of nitrogens with one attached hydrogen (secondary N) is 1. The van der Waals surface area contributed by atoms with E-state index in [1.165, 1.54) is 30.0 Å². The number of methoxy groups -OCH3 is 1. The van der Waals surface area contributed by atoms with E-state index in [2.05, 4.69) is 9.82 Å². The Kier molecular flexibility index (Phi) is 6.05. The lowest BCUT2D eigenvalue weighted by molar-refractivity contribution is -0.139. The highest BCUT2D eigenvalue weighted by atomic mass is 32.2. The van der Waals surface area contributed by atoms with Crippen LogP contribution in [0.15, 0.2) is 41.2 Å². The second kappa shape index (κ2) is 8.27. The van der Waals surface area contributed by atoms with Crippen LogP contribution in [0.5, 0.6) is 5.75 Å². The van der Waals surface area contributed by atoms with Crippen molar-refractivity contribution in [3.8, 4) is 17.0 Å². The van der Waals surface area contributed by atoms with Crippen LogP contribution in [-0.4, -0.2) is 38.1 Å². The molecule has 0 saturated carbocycles. The van der Waals surface area contributed by atoms with E-state index < -0.39 is 44.3 Å². The predicted octanol–water partition coefficient (Wildman–Crippen LogP) is 2.78. The summed E-state index contributed by atoms with van der Waals surface area (Å²) in [6.45, 7) is -0.232. The number of para-hydroxylation sites is 1. The number of hydrogen-bond donors (Lipinski definition) is 1. The van der Waals surface area contributed by atoms with Crippen LogP contribution in [0.25, 0.3) is 22.2 Å². The summed E-state index contributed by atoms with van der Waals surface area (Å²) in [5.74, 6) is -1.39. The van der Waals surface area contributed by atoms with Crippen molar-refractivity contribution in [2.24, 2.45) is 0 Å². The van der Waals surface area contributed by atoms with Gasteiger partial charge in [0.15, 0.2) is 0 Å². The van der Waals surface area contributed by atoms with E-state index >= 15 is 0 Å². The lowest BCUT2D eigenvalue weighted by Gasteiger charge is -2.16. The van der Waals surface area contributed by atoms with Gasteiger partial charge in [-0.3, -0.25) is 9.48 Å². The van der Waals surface area contributed by atoms with E-state index in [0.717, 1.165) is 18.4 Å². The molecule has 7 nitrogen and oxygen atoms in total. The van der Waals surface area contributed by atoms with E-state index in [9.17, 15) is 30.8 Å². The topological polar surface area (TPSA) is 90.3 Å². The van der Waals surface area contributed by atoms with Gasteiger partial charge in [-0.15, -0.1) is 0 Å². The maximum Gasteiger partial charge on any atom is 0.419 e. The number of alkyl halides is 3. The Balaban J connectivity index is 2.27. The third-order valence-corrected chi connectivity index (χ3v) is 5.13. The average Bonchev–Trinajstić information content (AvgIpc) is 2.68. The summed E-state index contributed by atoms with van der Waals surface area (Å²) in [4.78, 5) is 13.0. The van der Waals surface area contributed by atoms with Crippen molar-refractivity contribution in [2.75, 3.05) is 19.9 Å². The fraction of sp³-hybridized carbons (Fsp3) is 0.263. The fourth-order valence-electron chi connectivity index (χ4n) is 3.09. The summed E-state index contributed by atoms with van der Waals surface area (Å²) in [5.41, 5.74) is -3.28. The van der Waals surface area contributed by atoms with E-state index in [-0.39, 0.29) is 29.7 Å². The number of fused-ring (bicyclic) bond motifs is 1. The van der Waals surface area contributed by atoms with Gasteiger partial charge in [-0.1, -0.05) is 12.1 Å². The zero-order chi connectivity index (χ0) is 23.0. The van der Waals surface area contributed by atoms with E-state index in [1.807, 2.05) is 0 Å². The molecule has 0 radical (unpaired) electrons. The molecule has 3 aromatic rings. The summed E-state index contributed by atoms with van der Waals surface area (Å²) in [5, 5.41) is 4.09. The molecule has 0 bridgehead atoms. The highest BCUT2D eigenvalue weighted by molar-refractivity contribution is 7.88. The normalized spacial score (nSPS) is 12.3. The molecule has 31 heavy (non-hydrogen) atoms. The van der Waals surface area contributed by atoms with Gasteiger partial charge in [-0.05, 0) is 24.3 Å². The maximum atomic E-state index is 14.7. The third-order valence-electron chi connectivity index (χ3n) is 4.40. The van der Waals surface area contributed by atoms with Crippen LogP contribution in [0, 0.1) is 5.82 Å². The first kappa shape index (κ1) is 22.7. The number of sulfonamides is 1. The molecule has 2 aromatic carbocycles. The maximum absolute atomic E-state index is 14.7. The second-order valence-electron chi connectivity index (χ2n) is 6.59. The molecule has 0 unspecified atom stereocenters. The summed E-state index contributed by atoms with van der Waals surface area (Å²) in [7, 11) is -2.19. The predicted molar refractivity (Wildman–Crippen MR) is 106 cm³/mol. The Morgan fingerprint density at radius 2 is 1.84 bits per heavy atom. The Labute approximate surface area is 174 Å². The van der Waals surface area contributed by atoms with Gasteiger partial charge in [-0.2, -0.15) is 18.3 Å². The van der Waals surface area contributed by atoms with Crippen LogP contribution < -0.4 is 14.9 Å². The Hall–Kier alpha value is -2.99. The zero-order valence-corrected chi connectivity index (χ0v) is 17.1. The summed E-state index contributed by atoms with van der Waals surface area (Å²) < 4.78 is 85.5. The number of hydrogen-bond acceptors (Lipinski definition) is 5. The van der Waals surface area contributed by atoms with Gasteiger partial charge < -0.3 is 4.74 Å². The molecule has 0 aliphatic rings. The molecule has 0 fully saturated rings. The first-order chi connectivity index (χ1) is 14.4. The Morgan fingerprint density at radius 1 is 1.16 bits per heavy atom. The van der Waals surface area contributed by atoms with Crippen molar-refractivity contribution < 1.29 is 30.7 Å². The zero-order valence-electron chi connectivity index (χ0n) is 16.3. The number of rotatable bonds is 6. The third kappa shape index (κ3) is 4.69. The molecule has 166 valence electrons. The van der Waals surface area contributed by atoms with Crippen molar-refractivity contribution in [2.45, 2.75) is 12.7 Å². The molecule has 1 heterocycles. The number of ether oxygens (including phenoxy) is 1. The minimum Gasteiger partial charge on any atom is -0.494 e. The smallest absolute Gasteiger partial charge is 0.419 e. The number of aromatic nitrogens is 2. The number of nitrogens with zero attached hydrogens (tertiary/aromatic N) is 2. The van der Waals surface area contributed by atoms with Crippen LogP contribution in [0.2, 0.25) is 0 Å². The van der Waals surface area contributed by atoms with Crippen molar-refractivity contribution in [3.05, 3.63) is 58.0 Å². The lowest BCUT2D eigenvalue weighted by Crippen LogP contribution is -2.28. The standard InChI is InChI=1S/C19H17F4N3O4S/c1-30-14-8-4-6-12-17(14)26(10-9-24-31(2,28)29)25-16(18(12)27)11-5-3-7-13(15(11)20)19(21,22)23/h3-8,24H,9-10H2,1-2H3. The number of benzene rings is 2. The summed E-state index contributed by atoms with van der Waals surface area (Å²) in [6, 6.07) is 7.00. The molecule has 0 atom stereocenters. The van der Waals surface area contributed by atoms with E-state index in [1.54, 1.807) is 0 Å². The number of halogens is 4. The Bertz CT molecular complexity index is 1300. The van der Waals surface area contributed by atoms with Gasteiger partial charge >= 0.3 is 6.18 Å². The highest BCUT2D eigenvalue weighted by Gasteiger charge is 2.35. The van der Waals surface area contributed by atoms with Crippen molar-refractivity contribution >= 4 is 20.9 Å². The summed E-state index contributed by atoms with van der Waals surface area (Å²) in [6.07, 6.45) is -4.01. The first-order valence-electron chi connectivity index (χ1n) is 8.82. The van der Waals surface area contributed by atoms with Crippen LogP contribution in [-0.2, 0) is 22.7 Å². The fourth-order valence-corrected chi connectivity index (χ4v) is 3.55. The SMILES string of the molecule is COc1cccc2c(=O)c(-c3cccc(C(F)(F)F)c3F)nn(CCNS(C)(=O)=O)c12. The van der Waals surface area contributed by atoms with Crippen molar-refractivity contribution in [1.82, 2.24) is 14.5 Å². The molecule has 12 heteroatoms. The molecule has 0 amide bonds.